The lowest BCUT2D eigenvalue weighted by Crippen LogP contribution is -2.23. The average Bonchev–Trinajstić information content (AvgIpc) is 2.66. The summed E-state index contributed by atoms with van der Waals surface area (Å²) in [5.74, 6) is 0.571. The number of para-hydroxylation sites is 1. The number of pyridine rings is 1. The van der Waals surface area contributed by atoms with Gasteiger partial charge in [-0.15, -0.1) is 0 Å². The van der Waals surface area contributed by atoms with Crippen LogP contribution in [0.3, 0.4) is 0 Å². The van der Waals surface area contributed by atoms with Crippen LogP contribution in [-0.4, -0.2) is 10.9 Å². The second-order valence-corrected chi connectivity index (χ2v) is 5.90. The van der Waals surface area contributed by atoms with E-state index in [4.69, 9.17) is 16.3 Å². The SMILES string of the molecule is O=C(NCc1cccc(COc2ccccc2)c1)c1cc(Cl)ccn1. The van der Waals surface area contributed by atoms with Crippen molar-refractivity contribution in [1.29, 1.82) is 0 Å². The highest BCUT2D eigenvalue weighted by Crippen LogP contribution is 2.13. The molecule has 1 heterocycles. The summed E-state index contributed by atoms with van der Waals surface area (Å²) in [4.78, 5) is 16.1. The Morgan fingerprint density at radius 2 is 1.80 bits per heavy atom. The van der Waals surface area contributed by atoms with Gasteiger partial charge in [-0.05, 0) is 35.4 Å². The van der Waals surface area contributed by atoms with Gasteiger partial charge in [0.15, 0.2) is 0 Å². The van der Waals surface area contributed by atoms with Gasteiger partial charge in [0.1, 0.15) is 18.1 Å². The lowest BCUT2D eigenvalue weighted by atomic mass is 10.1. The Bertz CT molecular complexity index is 853. The smallest absolute Gasteiger partial charge is 0.270 e. The molecule has 0 aliphatic rings. The molecule has 0 spiro atoms. The molecule has 0 radical (unpaired) electrons. The number of hydrogen-bond donors (Lipinski definition) is 1. The van der Waals surface area contributed by atoms with E-state index in [9.17, 15) is 4.79 Å². The lowest BCUT2D eigenvalue weighted by Gasteiger charge is -2.09. The first kappa shape index (κ1) is 17.0. The summed E-state index contributed by atoms with van der Waals surface area (Å²) < 4.78 is 5.74. The van der Waals surface area contributed by atoms with Crippen LogP contribution in [0.1, 0.15) is 21.6 Å². The predicted octanol–water partition coefficient (Wildman–Crippen LogP) is 4.24. The molecule has 0 bridgehead atoms. The lowest BCUT2D eigenvalue weighted by molar-refractivity contribution is 0.0946. The Hall–Kier alpha value is -2.85. The number of aromatic nitrogens is 1. The standard InChI is InChI=1S/C20H17ClN2O2/c21-17-9-10-22-19(12-17)20(24)23-13-15-5-4-6-16(11-15)14-25-18-7-2-1-3-8-18/h1-12H,13-14H2,(H,23,24). The van der Waals surface area contributed by atoms with Gasteiger partial charge in [0.2, 0.25) is 0 Å². The van der Waals surface area contributed by atoms with E-state index < -0.39 is 0 Å². The van der Waals surface area contributed by atoms with Gasteiger partial charge in [-0.3, -0.25) is 9.78 Å². The molecule has 0 atom stereocenters. The summed E-state index contributed by atoms with van der Waals surface area (Å²) in [7, 11) is 0. The van der Waals surface area contributed by atoms with Crippen LogP contribution in [-0.2, 0) is 13.2 Å². The van der Waals surface area contributed by atoms with Crippen molar-refractivity contribution < 1.29 is 9.53 Å². The molecule has 1 aromatic heterocycles. The van der Waals surface area contributed by atoms with E-state index in [0.29, 0.717) is 23.9 Å². The number of halogens is 1. The van der Waals surface area contributed by atoms with Crippen molar-refractivity contribution in [3.63, 3.8) is 0 Å². The summed E-state index contributed by atoms with van der Waals surface area (Å²) in [5, 5.41) is 3.33. The van der Waals surface area contributed by atoms with Gasteiger partial charge in [0.05, 0.1) is 0 Å². The van der Waals surface area contributed by atoms with Gasteiger partial charge < -0.3 is 10.1 Å². The minimum Gasteiger partial charge on any atom is -0.489 e. The van der Waals surface area contributed by atoms with Crippen LogP contribution < -0.4 is 10.1 Å². The summed E-state index contributed by atoms with van der Waals surface area (Å²) in [6.45, 7) is 0.883. The van der Waals surface area contributed by atoms with E-state index >= 15 is 0 Å². The summed E-state index contributed by atoms with van der Waals surface area (Å²) in [6, 6.07) is 20.7. The van der Waals surface area contributed by atoms with Crippen LogP contribution in [0.25, 0.3) is 0 Å². The minimum absolute atomic E-state index is 0.256. The van der Waals surface area contributed by atoms with Gasteiger partial charge in [-0.25, -0.2) is 0 Å². The Kier molecular flexibility index (Phi) is 5.65. The number of nitrogens with one attached hydrogen (secondary N) is 1. The molecule has 5 heteroatoms. The Balaban J connectivity index is 1.57. The fraction of sp³-hybridized carbons (Fsp3) is 0.100. The van der Waals surface area contributed by atoms with E-state index in [1.54, 1.807) is 12.1 Å². The number of hydrogen-bond acceptors (Lipinski definition) is 3. The number of carbonyl (C=O) groups is 1. The fourth-order valence-corrected chi connectivity index (χ4v) is 2.47. The molecule has 2 aromatic carbocycles. The number of nitrogens with zero attached hydrogens (tertiary/aromatic N) is 1. The third kappa shape index (κ3) is 5.06. The van der Waals surface area contributed by atoms with Gasteiger partial charge in [-0.1, -0.05) is 54.1 Å². The van der Waals surface area contributed by atoms with Crippen LogP contribution in [0, 0.1) is 0 Å². The van der Waals surface area contributed by atoms with Crippen molar-refractivity contribution in [1.82, 2.24) is 10.3 Å². The zero-order chi connectivity index (χ0) is 17.5. The Morgan fingerprint density at radius 3 is 2.60 bits per heavy atom. The first-order valence-corrected chi connectivity index (χ1v) is 8.24. The van der Waals surface area contributed by atoms with Gasteiger partial charge in [-0.2, -0.15) is 0 Å². The maximum atomic E-state index is 12.1. The van der Waals surface area contributed by atoms with Crippen molar-refractivity contribution >= 4 is 17.5 Å². The van der Waals surface area contributed by atoms with Gasteiger partial charge in [0.25, 0.3) is 5.91 Å². The molecule has 3 aromatic rings. The molecule has 0 saturated carbocycles. The predicted molar refractivity (Wildman–Crippen MR) is 97.6 cm³/mol. The normalized spacial score (nSPS) is 10.3. The third-order valence-electron chi connectivity index (χ3n) is 3.55. The highest BCUT2D eigenvalue weighted by molar-refractivity contribution is 6.30. The zero-order valence-corrected chi connectivity index (χ0v) is 14.2. The summed E-state index contributed by atoms with van der Waals surface area (Å²) >= 11 is 5.88. The molecule has 25 heavy (non-hydrogen) atoms. The first-order valence-electron chi connectivity index (χ1n) is 7.86. The van der Waals surface area contributed by atoms with Crippen molar-refractivity contribution in [2.75, 3.05) is 0 Å². The number of carbonyl (C=O) groups excluding carboxylic acids is 1. The molecular formula is C20H17ClN2O2. The number of rotatable bonds is 6. The minimum atomic E-state index is -0.256. The molecule has 0 fully saturated rings. The van der Waals surface area contributed by atoms with Gasteiger partial charge >= 0.3 is 0 Å². The second kappa shape index (κ2) is 8.31. The van der Waals surface area contributed by atoms with Crippen molar-refractivity contribution in [3.05, 3.63) is 94.8 Å². The molecule has 0 aliphatic heterocycles. The quantitative estimate of drug-likeness (QED) is 0.721. The largest absolute Gasteiger partial charge is 0.489 e. The maximum absolute atomic E-state index is 12.1. The molecule has 0 aliphatic carbocycles. The van der Waals surface area contributed by atoms with E-state index in [-0.39, 0.29) is 5.91 Å². The molecule has 0 saturated heterocycles. The monoisotopic (exact) mass is 352 g/mol. The molecule has 1 amide bonds. The Morgan fingerprint density at radius 1 is 1.00 bits per heavy atom. The van der Waals surface area contributed by atoms with Crippen LogP contribution in [0.2, 0.25) is 5.02 Å². The third-order valence-corrected chi connectivity index (χ3v) is 3.78. The van der Waals surface area contributed by atoms with E-state index in [0.717, 1.165) is 16.9 Å². The highest BCUT2D eigenvalue weighted by Gasteiger charge is 2.07. The number of amides is 1. The van der Waals surface area contributed by atoms with Crippen LogP contribution in [0.4, 0.5) is 0 Å². The zero-order valence-electron chi connectivity index (χ0n) is 13.5. The van der Waals surface area contributed by atoms with Crippen molar-refractivity contribution in [3.8, 4) is 5.75 Å². The fourth-order valence-electron chi connectivity index (χ4n) is 2.31. The van der Waals surface area contributed by atoms with Crippen molar-refractivity contribution in [2.24, 2.45) is 0 Å². The number of benzene rings is 2. The molecular weight excluding hydrogens is 336 g/mol. The van der Waals surface area contributed by atoms with E-state index in [1.807, 2.05) is 54.6 Å². The molecule has 126 valence electrons. The molecule has 4 nitrogen and oxygen atoms in total. The summed E-state index contributed by atoms with van der Waals surface area (Å²) in [5.41, 5.74) is 2.33. The number of ether oxygens (including phenoxy) is 1. The van der Waals surface area contributed by atoms with Crippen LogP contribution in [0.5, 0.6) is 5.75 Å². The Labute approximate surface area is 151 Å². The topological polar surface area (TPSA) is 51.2 Å². The van der Waals surface area contributed by atoms with E-state index in [1.165, 1.54) is 6.20 Å². The second-order valence-electron chi connectivity index (χ2n) is 5.46. The van der Waals surface area contributed by atoms with Crippen LogP contribution >= 0.6 is 11.6 Å². The van der Waals surface area contributed by atoms with Crippen LogP contribution in [0.15, 0.2) is 72.9 Å². The first-order chi connectivity index (χ1) is 12.2. The van der Waals surface area contributed by atoms with Crippen molar-refractivity contribution in [2.45, 2.75) is 13.2 Å². The van der Waals surface area contributed by atoms with Gasteiger partial charge in [0, 0.05) is 17.8 Å². The highest BCUT2D eigenvalue weighted by atomic mass is 35.5. The average molecular weight is 353 g/mol. The molecule has 0 unspecified atom stereocenters. The summed E-state index contributed by atoms with van der Waals surface area (Å²) in [6.07, 6.45) is 1.51. The maximum Gasteiger partial charge on any atom is 0.270 e. The van der Waals surface area contributed by atoms with E-state index in [2.05, 4.69) is 10.3 Å². The molecule has 1 N–H and O–H groups in total. The molecule has 3 rings (SSSR count).